The Bertz CT molecular complexity index is 773. The predicted octanol–water partition coefficient (Wildman–Crippen LogP) is 3.21. The van der Waals surface area contributed by atoms with Crippen molar-refractivity contribution in [1.29, 1.82) is 0 Å². The zero-order valence-electron chi connectivity index (χ0n) is 17.1. The molecule has 1 heterocycles. The van der Waals surface area contributed by atoms with Gasteiger partial charge in [-0.3, -0.25) is 4.79 Å². The van der Waals surface area contributed by atoms with Crippen LogP contribution in [0.1, 0.15) is 52.9 Å². The summed E-state index contributed by atoms with van der Waals surface area (Å²) in [6.07, 6.45) is 5.39. The van der Waals surface area contributed by atoms with E-state index < -0.39 is 10.0 Å². The van der Waals surface area contributed by atoms with Crippen LogP contribution >= 0.6 is 0 Å². The minimum atomic E-state index is -3.42. The number of benzene rings is 1. The Morgan fingerprint density at radius 1 is 1.07 bits per heavy atom. The number of carbonyl (C=O) groups excluding carboxylic acids is 1. The van der Waals surface area contributed by atoms with E-state index in [1.54, 1.807) is 24.3 Å². The highest BCUT2D eigenvalue weighted by atomic mass is 32.2. The van der Waals surface area contributed by atoms with Gasteiger partial charge < -0.3 is 10.6 Å². The quantitative estimate of drug-likeness (QED) is 0.759. The summed E-state index contributed by atoms with van der Waals surface area (Å²) in [7, 11) is -3.42. The monoisotopic (exact) mass is 407 g/mol. The summed E-state index contributed by atoms with van der Waals surface area (Å²) in [5.74, 6) is 1.13. The first-order valence-electron chi connectivity index (χ1n) is 10.5. The number of rotatable bonds is 6. The molecule has 2 N–H and O–H groups in total. The fourth-order valence-corrected chi connectivity index (χ4v) is 5.77. The Labute approximate surface area is 169 Å². The molecule has 1 saturated heterocycles. The second kappa shape index (κ2) is 8.93. The van der Waals surface area contributed by atoms with Gasteiger partial charge in [0.1, 0.15) is 0 Å². The Morgan fingerprint density at radius 2 is 1.71 bits per heavy atom. The molecule has 1 aliphatic heterocycles. The lowest BCUT2D eigenvalue weighted by molar-refractivity contribution is -0.118. The molecule has 6 nitrogen and oxygen atoms in total. The van der Waals surface area contributed by atoms with Gasteiger partial charge in [-0.05, 0) is 62.3 Å². The second-order valence-electron chi connectivity index (χ2n) is 8.39. The smallest absolute Gasteiger partial charge is 0.243 e. The van der Waals surface area contributed by atoms with Gasteiger partial charge in [-0.1, -0.05) is 26.7 Å². The number of sulfonamides is 1. The molecule has 2 fully saturated rings. The average molecular weight is 408 g/mol. The van der Waals surface area contributed by atoms with Crippen molar-refractivity contribution in [2.45, 2.75) is 69.9 Å². The Hall–Kier alpha value is -1.44. The van der Waals surface area contributed by atoms with Crippen LogP contribution in [0.25, 0.3) is 0 Å². The summed E-state index contributed by atoms with van der Waals surface area (Å²) in [5.41, 5.74) is 0.615. The summed E-state index contributed by atoms with van der Waals surface area (Å²) in [6, 6.07) is 6.54. The molecule has 7 heteroatoms. The van der Waals surface area contributed by atoms with Gasteiger partial charge in [0, 0.05) is 24.8 Å². The molecule has 1 saturated carbocycles. The van der Waals surface area contributed by atoms with E-state index in [-0.39, 0.29) is 16.8 Å². The van der Waals surface area contributed by atoms with Crippen molar-refractivity contribution in [2.24, 2.45) is 11.8 Å². The van der Waals surface area contributed by atoms with E-state index in [0.29, 0.717) is 36.7 Å². The highest BCUT2D eigenvalue weighted by molar-refractivity contribution is 7.89. The SMILES string of the molecule is C[C@H]1[C@@H](N[C@@H](C)C(=O)Nc2ccc(S(=O)(=O)N3CCCC3)cc2)CCC[C@@H]1C. The molecule has 1 amide bonds. The Morgan fingerprint density at radius 3 is 2.36 bits per heavy atom. The highest BCUT2D eigenvalue weighted by Gasteiger charge is 2.29. The number of anilines is 1. The third-order valence-electron chi connectivity index (χ3n) is 6.39. The second-order valence-corrected chi connectivity index (χ2v) is 10.3. The molecule has 1 aromatic carbocycles. The Balaban J connectivity index is 1.58. The predicted molar refractivity (Wildman–Crippen MR) is 112 cm³/mol. The molecule has 4 atom stereocenters. The van der Waals surface area contributed by atoms with Crippen LogP contribution in [-0.2, 0) is 14.8 Å². The molecule has 2 aliphatic rings. The van der Waals surface area contributed by atoms with Crippen molar-refractivity contribution in [3.8, 4) is 0 Å². The van der Waals surface area contributed by atoms with Crippen LogP contribution in [0.3, 0.4) is 0 Å². The topological polar surface area (TPSA) is 78.5 Å². The lowest BCUT2D eigenvalue weighted by Gasteiger charge is -2.36. The maximum Gasteiger partial charge on any atom is 0.243 e. The molecule has 0 bridgehead atoms. The third-order valence-corrected chi connectivity index (χ3v) is 8.30. The van der Waals surface area contributed by atoms with Gasteiger partial charge in [0.25, 0.3) is 0 Å². The van der Waals surface area contributed by atoms with Crippen molar-refractivity contribution < 1.29 is 13.2 Å². The van der Waals surface area contributed by atoms with Crippen LogP contribution in [0.15, 0.2) is 29.2 Å². The molecule has 3 rings (SSSR count). The first-order valence-corrected chi connectivity index (χ1v) is 11.9. The standard InChI is InChI=1S/C21H33N3O3S/c1-15-7-6-8-20(16(15)2)22-17(3)21(25)23-18-9-11-19(12-10-18)28(26,27)24-13-4-5-14-24/h9-12,15-17,20,22H,4-8,13-14H2,1-3H3,(H,23,25)/t15-,16+,17-,20-/m0/s1. The van der Waals surface area contributed by atoms with Crippen LogP contribution in [0.2, 0.25) is 0 Å². The summed E-state index contributed by atoms with van der Waals surface area (Å²) in [4.78, 5) is 12.8. The zero-order valence-corrected chi connectivity index (χ0v) is 18.0. The van der Waals surface area contributed by atoms with Gasteiger partial charge in [0.05, 0.1) is 10.9 Å². The zero-order chi connectivity index (χ0) is 20.3. The molecule has 0 aromatic heterocycles. The van der Waals surface area contributed by atoms with Gasteiger partial charge in [-0.15, -0.1) is 0 Å². The van der Waals surface area contributed by atoms with Gasteiger partial charge in [-0.25, -0.2) is 8.42 Å². The number of hydrogen-bond donors (Lipinski definition) is 2. The Kier molecular flexibility index (Phi) is 6.78. The van der Waals surface area contributed by atoms with E-state index >= 15 is 0 Å². The normalized spacial score (nSPS) is 27.5. The maximum atomic E-state index is 12.6. The lowest BCUT2D eigenvalue weighted by atomic mass is 9.78. The minimum absolute atomic E-state index is 0.0967. The van der Waals surface area contributed by atoms with Crippen molar-refractivity contribution in [3.05, 3.63) is 24.3 Å². The molecular weight excluding hydrogens is 374 g/mol. The van der Waals surface area contributed by atoms with Gasteiger partial charge >= 0.3 is 0 Å². The molecule has 156 valence electrons. The number of amides is 1. The number of nitrogens with zero attached hydrogens (tertiary/aromatic N) is 1. The molecule has 28 heavy (non-hydrogen) atoms. The van der Waals surface area contributed by atoms with Crippen LogP contribution in [0.5, 0.6) is 0 Å². The molecule has 0 radical (unpaired) electrons. The summed E-state index contributed by atoms with van der Waals surface area (Å²) in [5, 5.41) is 6.37. The van der Waals surface area contributed by atoms with Gasteiger partial charge in [0.2, 0.25) is 15.9 Å². The van der Waals surface area contributed by atoms with E-state index in [9.17, 15) is 13.2 Å². The van der Waals surface area contributed by atoms with E-state index in [1.165, 1.54) is 17.1 Å². The summed E-state index contributed by atoms with van der Waals surface area (Å²) >= 11 is 0. The fourth-order valence-electron chi connectivity index (χ4n) is 4.25. The van der Waals surface area contributed by atoms with Crippen LogP contribution < -0.4 is 10.6 Å². The molecule has 0 spiro atoms. The van der Waals surface area contributed by atoms with E-state index in [0.717, 1.165) is 19.3 Å². The first-order chi connectivity index (χ1) is 13.3. The van der Waals surface area contributed by atoms with Gasteiger partial charge in [-0.2, -0.15) is 4.31 Å². The number of hydrogen-bond acceptors (Lipinski definition) is 4. The lowest BCUT2D eigenvalue weighted by Crippen LogP contribution is -2.49. The largest absolute Gasteiger partial charge is 0.325 e. The number of carbonyl (C=O) groups is 1. The summed E-state index contributed by atoms with van der Waals surface area (Å²) in [6.45, 7) is 7.59. The molecular formula is C21H33N3O3S. The van der Waals surface area contributed by atoms with Gasteiger partial charge in [0.15, 0.2) is 0 Å². The van der Waals surface area contributed by atoms with E-state index in [1.807, 2.05) is 6.92 Å². The van der Waals surface area contributed by atoms with Crippen molar-refractivity contribution >= 4 is 21.6 Å². The van der Waals surface area contributed by atoms with Crippen LogP contribution in [0, 0.1) is 11.8 Å². The third kappa shape index (κ3) is 4.75. The van der Waals surface area contributed by atoms with Crippen molar-refractivity contribution in [3.63, 3.8) is 0 Å². The van der Waals surface area contributed by atoms with Crippen LogP contribution in [-0.4, -0.2) is 43.8 Å². The van der Waals surface area contributed by atoms with Crippen molar-refractivity contribution in [1.82, 2.24) is 9.62 Å². The van der Waals surface area contributed by atoms with Crippen LogP contribution in [0.4, 0.5) is 5.69 Å². The average Bonchev–Trinajstić information content (AvgIpc) is 3.21. The number of nitrogens with one attached hydrogen (secondary N) is 2. The molecule has 0 unspecified atom stereocenters. The minimum Gasteiger partial charge on any atom is -0.325 e. The molecule has 1 aromatic rings. The van der Waals surface area contributed by atoms with E-state index in [4.69, 9.17) is 0 Å². The molecule has 1 aliphatic carbocycles. The van der Waals surface area contributed by atoms with E-state index in [2.05, 4.69) is 24.5 Å². The van der Waals surface area contributed by atoms with Crippen molar-refractivity contribution in [2.75, 3.05) is 18.4 Å². The highest BCUT2D eigenvalue weighted by Crippen LogP contribution is 2.29. The first kappa shape index (κ1) is 21.3. The fraction of sp³-hybridized carbons (Fsp3) is 0.667. The maximum absolute atomic E-state index is 12.6. The summed E-state index contributed by atoms with van der Waals surface area (Å²) < 4.78 is 26.7.